The number of nitrogens with zero attached hydrogens (tertiary/aromatic N) is 2. The molecule has 1 aromatic rings. The molecule has 0 fully saturated rings. The topological polar surface area (TPSA) is 69.7 Å². The third kappa shape index (κ3) is 6.29. The number of sulfonamides is 1. The van der Waals surface area contributed by atoms with Gasteiger partial charge in [0.05, 0.1) is 11.4 Å². The molecule has 23 heavy (non-hydrogen) atoms. The van der Waals surface area contributed by atoms with Crippen LogP contribution in [-0.4, -0.2) is 56.8 Å². The van der Waals surface area contributed by atoms with Crippen LogP contribution in [0.15, 0.2) is 29.2 Å². The maximum Gasteiger partial charge on any atom is 0.242 e. The van der Waals surface area contributed by atoms with Crippen LogP contribution in [0, 0.1) is 0 Å². The average Bonchev–Trinajstić information content (AvgIpc) is 2.35. The Morgan fingerprint density at radius 3 is 2.30 bits per heavy atom. The van der Waals surface area contributed by atoms with E-state index >= 15 is 0 Å². The zero-order valence-corrected chi connectivity index (χ0v) is 15.6. The number of benzene rings is 1. The van der Waals surface area contributed by atoms with Gasteiger partial charge in [0.1, 0.15) is 0 Å². The number of likely N-dealkylation sites (N-methyl/N-ethyl adjacent to an activating group) is 1. The van der Waals surface area contributed by atoms with Gasteiger partial charge < -0.3 is 5.32 Å². The SMILES string of the molecule is CN(CC(=O)NC(C)(C)C)Cc1cccc(S(=O)(=O)N(C)C)c1. The van der Waals surface area contributed by atoms with Crippen molar-refractivity contribution in [2.45, 2.75) is 37.8 Å². The highest BCUT2D eigenvalue weighted by Crippen LogP contribution is 2.15. The fourth-order valence-electron chi connectivity index (χ4n) is 2.09. The molecule has 0 unspecified atom stereocenters. The highest BCUT2D eigenvalue weighted by molar-refractivity contribution is 7.89. The lowest BCUT2D eigenvalue weighted by Crippen LogP contribution is -2.45. The van der Waals surface area contributed by atoms with Gasteiger partial charge in [-0.25, -0.2) is 12.7 Å². The van der Waals surface area contributed by atoms with Gasteiger partial charge in [0, 0.05) is 26.2 Å². The molecule has 1 amide bonds. The van der Waals surface area contributed by atoms with Crippen LogP contribution in [0.4, 0.5) is 0 Å². The summed E-state index contributed by atoms with van der Waals surface area (Å²) in [6.07, 6.45) is 0. The van der Waals surface area contributed by atoms with Crippen molar-refractivity contribution < 1.29 is 13.2 Å². The highest BCUT2D eigenvalue weighted by atomic mass is 32.2. The van der Waals surface area contributed by atoms with Gasteiger partial charge >= 0.3 is 0 Å². The van der Waals surface area contributed by atoms with Crippen LogP contribution < -0.4 is 5.32 Å². The van der Waals surface area contributed by atoms with Crippen molar-refractivity contribution in [1.29, 1.82) is 0 Å². The zero-order chi connectivity index (χ0) is 17.8. The minimum atomic E-state index is -3.45. The molecule has 0 aliphatic carbocycles. The van der Waals surface area contributed by atoms with Crippen LogP contribution in [0.1, 0.15) is 26.3 Å². The Balaban J connectivity index is 2.77. The van der Waals surface area contributed by atoms with Gasteiger partial charge in [-0.15, -0.1) is 0 Å². The van der Waals surface area contributed by atoms with Crippen LogP contribution in [0.5, 0.6) is 0 Å². The van der Waals surface area contributed by atoms with Gasteiger partial charge in [-0.2, -0.15) is 0 Å². The summed E-state index contributed by atoms with van der Waals surface area (Å²) in [5.74, 6) is -0.0583. The molecule has 0 atom stereocenters. The Morgan fingerprint density at radius 2 is 1.78 bits per heavy atom. The molecular weight excluding hydrogens is 314 g/mol. The van der Waals surface area contributed by atoms with Crippen molar-refractivity contribution in [1.82, 2.24) is 14.5 Å². The fourth-order valence-corrected chi connectivity index (χ4v) is 3.06. The molecule has 0 spiro atoms. The number of carbonyl (C=O) groups excluding carboxylic acids is 1. The first kappa shape index (κ1) is 19.6. The number of nitrogens with one attached hydrogen (secondary N) is 1. The van der Waals surface area contributed by atoms with E-state index < -0.39 is 10.0 Å². The highest BCUT2D eigenvalue weighted by Gasteiger charge is 2.18. The van der Waals surface area contributed by atoms with Crippen LogP contribution in [0.25, 0.3) is 0 Å². The second-order valence-electron chi connectivity index (χ2n) is 6.91. The zero-order valence-electron chi connectivity index (χ0n) is 14.8. The number of carbonyl (C=O) groups is 1. The van der Waals surface area contributed by atoms with E-state index in [4.69, 9.17) is 0 Å². The summed E-state index contributed by atoms with van der Waals surface area (Å²) in [6.45, 7) is 6.54. The van der Waals surface area contributed by atoms with Crippen molar-refractivity contribution in [3.05, 3.63) is 29.8 Å². The largest absolute Gasteiger partial charge is 0.350 e. The van der Waals surface area contributed by atoms with E-state index in [0.29, 0.717) is 6.54 Å². The standard InChI is InChI=1S/C16H27N3O3S/c1-16(2,3)17-15(20)12-19(6)11-13-8-7-9-14(10-13)23(21,22)18(4)5/h7-10H,11-12H2,1-6H3,(H,17,20). The monoisotopic (exact) mass is 341 g/mol. The molecule has 0 aliphatic rings. The molecular formula is C16H27N3O3S. The minimum Gasteiger partial charge on any atom is -0.350 e. The van der Waals surface area contributed by atoms with E-state index in [9.17, 15) is 13.2 Å². The van der Waals surface area contributed by atoms with Crippen LogP contribution in [0.2, 0.25) is 0 Å². The smallest absolute Gasteiger partial charge is 0.242 e. The lowest BCUT2D eigenvalue weighted by molar-refractivity contribution is -0.123. The molecule has 0 radical (unpaired) electrons. The molecule has 0 heterocycles. The van der Waals surface area contributed by atoms with E-state index in [0.717, 1.165) is 5.56 Å². The summed E-state index contributed by atoms with van der Waals surface area (Å²) in [4.78, 5) is 14.0. The number of hydrogen-bond acceptors (Lipinski definition) is 4. The Hall–Kier alpha value is -1.44. The van der Waals surface area contributed by atoms with E-state index in [-0.39, 0.29) is 22.9 Å². The van der Waals surface area contributed by atoms with Crippen LogP contribution in [-0.2, 0) is 21.4 Å². The maximum atomic E-state index is 12.2. The molecule has 0 aromatic heterocycles. The molecule has 0 bridgehead atoms. The molecule has 1 aromatic carbocycles. The molecule has 1 rings (SSSR count). The van der Waals surface area contributed by atoms with Gasteiger partial charge in [0.25, 0.3) is 0 Å². The molecule has 0 saturated heterocycles. The van der Waals surface area contributed by atoms with E-state index in [2.05, 4.69) is 5.32 Å². The fraction of sp³-hybridized carbons (Fsp3) is 0.562. The summed E-state index contributed by atoms with van der Waals surface area (Å²) in [7, 11) is 1.39. The van der Waals surface area contributed by atoms with Gasteiger partial charge in [-0.05, 0) is 45.5 Å². The van der Waals surface area contributed by atoms with E-state index in [1.807, 2.05) is 38.8 Å². The third-order valence-corrected chi connectivity index (χ3v) is 4.87. The molecule has 6 nitrogen and oxygen atoms in total. The first-order valence-corrected chi connectivity index (χ1v) is 8.87. The van der Waals surface area contributed by atoms with Gasteiger partial charge in [0.15, 0.2) is 0 Å². The quantitative estimate of drug-likeness (QED) is 0.846. The van der Waals surface area contributed by atoms with Gasteiger partial charge in [-0.3, -0.25) is 9.69 Å². The van der Waals surface area contributed by atoms with Gasteiger partial charge in [-0.1, -0.05) is 12.1 Å². The summed E-state index contributed by atoms with van der Waals surface area (Å²) >= 11 is 0. The summed E-state index contributed by atoms with van der Waals surface area (Å²) in [6, 6.07) is 6.79. The van der Waals surface area contributed by atoms with Crippen molar-refractivity contribution in [2.75, 3.05) is 27.7 Å². The second kappa shape index (κ2) is 7.42. The molecule has 7 heteroatoms. The summed E-state index contributed by atoms with van der Waals surface area (Å²) in [5, 5.41) is 2.90. The Kier molecular flexibility index (Phi) is 6.33. The predicted molar refractivity (Wildman–Crippen MR) is 91.5 cm³/mol. The molecule has 1 N–H and O–H groups in total. The average molecular weight is 341 g/mol. The summed E-state index contributed by atoms with van der Waals surface area (Å²) in [5.41, 5.74) is 0.580. The van der Waals surface area contributed by atoms with Crippen molar-refractivity contribution in [3.63, 3.8) is 0 Å². The van der Waals surface area contributed by atoms with Crippen LogP contribution >= 0.6 is 0 Å². The minimum absolute atomic E-state index is 0.0583. The molecule has 130 valence electrons. The number of amides is 1. The molecule has 0 aliphatic heterocycles. The first-order chi connectivity index (χ1) is 10.4. The Labute approximate surface area is 139 Å². The van der Waals surface area contributed by atoms with E-state index in [1.54, 1.807) is 18.2 Å². The van der Waals surface area contributed by atoms with Crippen LogP contribution in [0.3, 0.4) is 0 Å². The van der Waals surface area contributed by atoms with Crippen molar-refractivity contribution in [2.24, 2.45) is 0 Å². The number of hydrogen-bond donors (Lipinski definition) is 1. The normalized spacial score (nSPS) is 12.7. The second-order valence-corrected chi connectivity index (χ2v) is 9.06. The Morgan fingerprint density at radius 1 is 1.17 bits per heavy atom. The van der Waals surface area contributed by atoms with Crippen molar-refractivity contribution >= 4 is 15.9 Å². The maximum absolute atomic E-state index is 12.2. The molecule has 0 saturated carbocycles. The number of rotatable bonds is 6. The lowest BCUT2D eigenvalue weighted by atomic mass is 10.1. The van der Waals surface area contributed by atoms with E-state index in [1.165, 1.54) is 18.4 Å². The van der Waals surface area contributed by atoms with Gasteiger partial charge in [0.2, 0.25) is 15.9 Å². The summed E-state index contributed by atoms with van der Waals surface area (Å²) < 4.78 is 25.5. The Bertz CT molecular complexity index is 649. The first-order valence-electron chi connectivity index (χ1n) is 7.43. The third-order valence-electron chi connectivity index (χ3n) is 3.06. The predicted octanol–water partition coefficient (Wildman–Crippen LogP) is 1.28. The van der Waals surface area contributed by atoms with Crippen molar-refractivity contribution in [3.8, 4) is 0 Å². The lowest BCUT2D eigenvalue weighted by Gasteiger charge is -2.23.